The summed E-state index contributed by atoms with van der Waals surface area (Å²) in [7, 11) is 2.18. The van der Waals surface area contributed by atoms with Gasteiger partial charge in [-0.05, 0) is 55.3 Å². The van der Waals surface area contributed by atoms with Crippen molar-refractivity contribution < 1.29 is 37.3 Å². The van der Waals surface area contributed by atoms with Crippen molar-refractivity contribution in [1.82, 2.24) is 9.21 Å². The topological polar surface area (TPSA) is 123 Å². The molecule has 0 aromatic heterocycles. The Kier molecular flexibility index (Phi) is 8.95. The van der Waals surface area contributed by atoms with E-state index in [9.17, 15) is 23.1 Å². The van der Waals surface area contributed by atoms with Crippen LogP contribution in [0.25, 0.3) is 5.76 Å². The van der Waals surface area contributed by atoms with Gasteiger partial charge >= 0.3 is 0 Å². The summed E-state index contributed by atoms with van der Waals surface area (Å²) in [5.41, 5.74) is 0.651. The van der Waals surface area contributed by atoms with Crippen LogP contribution >= 0.6 is 0 Å². The number of carbonyl (C=O) groups excluding carboxylic acids is 2. The molecule has 0 aliphatic carbocycles. The number of rotatable bonds is 11. The highest BCUT2D eigenvalue weighted by atomic mass is 32.2. The average molecular weight is 533 g/mol. The van der Waals surface area contributed by atoms with Crippen molar-refractivity contribution in [3.8, 4) is 11.5 Å². The second-order valence-electron chi connectivity index (χ2n) is 8.49. The first-order chi connectivity index (χ1) is 17.6. The third-order valence-corrected chi connectivity index (χ3v) is 7.83. The molecule has 1 heterocycles. The maximum absolute atomic E-state index is 13.2. The fourth-order valence-electron chi connectivity index (χ4n) is 4.12. The summed E-state index contributed by atoms with van der Waals surface area (Å²) in [5.74, 6) is -1.07. The van der Waals surface area contributed by atoms with Gasteiger partial charge in [-0.2, -0.15) is 0 Å². The number of sulfonamides is 1. The second-order valence-corrected chi connectivity index (χ2v) is 10.6. The first-order valence-corrected chi connectivity index (χ1v) is 13.1. The molecular weight excluding hydrogens is 500 g/mol. The lowest BCUT2D eigenvalue weighted by atomic mass is 9.95. The molecule has 2 aromatic rings. The minimum absolute atomic E-state index is 0.0295. The van der Waals surface area contributed by atoms with Gasteiger partial charge < -0.3 is 24.2 Å². The number of Topliss-reactive ketones (excluding diaryl/α,β-unsaturated/α-hetero) is 1. The molecule has 1 aliphatic rings. The van der Waals surface area contributed by atoms with Gasteiger partial charge in [-0.3, -0.25) is 9.59 Å². The number of hydrogen-bond acceptors (Lipinski definition) is 8. The Labute approximate surface area is 217 Å². The van der Waals surface area contributed by atoms with E-state index in [2.05, 4.69) is 0 Å². The molecule has 0 unspecified atom stereocenters. The van der Waals surface area contributed by atoms with Crippen LogP contribution in [-0.2, 0) is 24.3 Å². The Balaban J connectivity index is 2.14. The molecule has 1 amide bonds. The Hall–Kier alpha value is -3.41. The van der Waals surface area contributed by atoms with E-state index in [1.165, 1.54) is 50.4 Å². The molecule has 1 fully saturated rings. The number of aliphatic hydroxyl groups is 1. The van der Waals surface area contributed by atoms with Crippen LogP contribution < -0.4 is 9.47 Å². The van der Waals surface area contributed by atoms with Crippen molar-refractivity contribution in [3.63, 3.8) is 0 Å². The van der Waals surface area contributed by atoms with Gasteiger partial charge in [-0.1, -0.05) is 6.07 Å². The van der Waals surface area contributed by atoms with Gasteiger partial charge in [-0.15, -0.1) is 0 Å². The van der Waals surface area contributed by atoms with Crippen LogP contribution in [0, 0.1) is 0 Å². The number of aliphatic hydroxyl groups excluding tert-OH is 1. The number of benzene rings is 2. The standard InChI is InChI=1S/C26H32N2O8S/c1-6-36-20-13-10-18(16-21(20)35-5)23-22(25(30)26(31)28(23)14-7-15-34-4)24(29)17-8-11-19(12-9-17)37(32,33)27(2)3/h8-13,16,23,29H,6-7,14-15H2,1-5H3/b24-22+/t23-/m0/s1. The number of likely N-dealkylation sites (tertiary alicyclic amines) is 1. The number of nitrogens with zero attached hydrogens (tertiary/aromatic N) is 2. The summed E-state index contributed by atoms with van der Waals surface area (Å²) in [4.78, 5) is 27.7. The number of methoxy groups -OCH3 is 2. The third kappa shape index (κ3) is 5.63. The minimum Gasteiger partial charge on any atom is -0.507 e. The van der Waals surface area contributed by atoms with Gasteiger partial charge in [0.25, 0.3) is 11.7 Å². The Morgan fingerprint density at radius 1 is 1.05 bits per heavy atom. The maximum atomic E-state index is 13.2. The molecule has 10 nitrogen and oxygen atoms in total. The second kappa shape index (κ2) is 11.8. The molecule has 3 rings (SSSR count). The van der Waals surface area contributed by atoms with E-state index in [4.69, 9.17) is 14.2 Å². The van der Waals surface area contributed by atoms with Crippen molar-refractivity contribution >= 4 is 27.5 Å². The maximum Gasteiger partial charge on any atom is 0.295 e. The van der Waals surface area contributed by atoms with Crippen molar-refractivity contribution in [2.24, 2.45) is 0 Å². The van der Waals surface area contributed by atoms with E-state index in [0.717, 1.165) is 4.31 Å². The van der Waals surface area contributed by atoms with E-state index < -0.39 is 33.5 Å². The molecule has 1 aliphatic heterocycles. The van der Waals surface area contributed by atoms with Gasteiger partial charge in [0.2, 0.25) is 10.0 Å². The van der Waals surface area contributed by atoms with E-state index in [0.29, 0.717) is 36.7 Å². The summed E-state index contributed by atoms with van der Waals surface area (Å²) < 4.78 is 42.1. The molecule has 0 spiro atoms. The SMILES string of the molecule is CCOc1ccc([C@H]2/C(=C(\O)c3ccc(S(=O)(=O)N(C)C)cc3)C(=O)C(=O)N2CCCOC)cc1OC. The van der Waals surface area contributed by atoms with Crippen LogP contribution in [0.2, 0.25) is 0 Å². The third-order valence-electron chi connectivity index (χ3n) is 6.00. The van der Waals surface area contributed by atoms with Gasteiger partial charge in [0.15, 0.2) is 11.5 Å². The summed E-state index contributed by atoms with van der Waals surface area (Å²) >= 11 is 0. The summed E-state index contributed by atoms with van der Waals surface area (Å²) in [5, 5.41) is 11.2. The lowest BCUT2D eigenvalue weighted by Gasteiger charge is -2.26. The van der Waals surface area contributed by atoms with E-state index >= 15 is 0 Å². The van der Waals surface area contributed by atoms with Crippen LogP contribution in [0.1, 0.15) is 30.5 Å². The zero-order valence-electron chi connectivity index (χ0n) is 21.6. The van der Waals surface area contributed by atoms with Crippen molar-refractivity contribution in [3.05, 3.63) is 59.2 Å². The fourth-order valence-corrected chi connectivity index (χ4v) is 5.02. The molecule has 1 N–H and O–H groups in total. The Bertz CT molecular complexity index is 1290. The van der Waals surface area contributed by atoms with Gasteiger partial charge in [0.1, 0.15) is 5.76 Å². The summed E-state index contributed by atoms with van der Waals surface area (Å²) in [6.45, 7) is 2.86. The molecule has 2 aromatic carbocycles. The van der Waals surface area contributed by atoms with Crippen LogP contribution in [0.3, 0.4) is 0 Å². The summed E-state index contributed by atoms with van der Waals surface area (Å²) in [6, 6.07) is 9.67. The smallest absolute Gasteiger partial charge is 0.295 e. The van der Waals surface area contributed by atoms with Gasteiger partial charge in [0.05, 0.1) is 30.2 Å². The van der Waals surface area contributed by atoms with E-state index in [1.807, 2.05) is 6.92 Å². The van der Waals surface area contributed by atoms with Gasteiger partial charge in [0, 0.05) is 39.9 Å². The number of ether oxygens (including phenoxy) is 3. The molecular formula is C26H32N2O8S. The molecule has 0 bridgehead atoms. The highest BCUT2D eigenvalue weighted by Gasteiger charge is 2.46. The molecule has 1 saturated heterocycles. The average Bonchev–Trinajstić information content (AvgIpc) is 3.13. The number of carbonyl (C=O) groups is 2. The van der Waals surface area contributed by atoms with Crippen molar-refractivity contribution in [1.29, 1.82) is 0 Å². The van der Waals surface area contributed by atoms with Crippen LogP contribution in [0.4, 0.5) is 0 Å². The molecule has 0 radical (unpaired) electrons. The predicted molar refractivity (Wildman–Crippen MR) is 137 cm³/mol. The molecule has 1 atom stereocenters. The van der Waals surface area contributed by atoms with Crippen molar-refractivity contribution in [2.45, 2.75) is 24.3 Å². The monoisotopic (exact) mass is 532 g/mol. The zero-order valence-corrected chi connectivity index (χ0v) is 22.4. The minimum atomic E-state index is -3.68. The lowest BCUT2D eigenvalue weighted by molar-refractivity contribution is -0.140. The van der Waals surface area contributed by atoms with E-state index in [-0.39, 0.29) is 22.6 Å². The predicted octanol–water partition coefficient (Wildman–Crippen LogP) is 2.80. The highest BCUT2D eigenvalue weighted by molar-refractivity contribution is 7.89. The normalized spacial score (nSPS) is 17.5. The number of ketones is 1. The van der Waals surface area contributed by atoms with Gasteiger partial charge in [-0.25, -0.2) is 12.7 Å². The largest absolute Gasteiger partial charge is 0.507 e. The highest BCUT2D eigenvalue weighted by Crippen LogP contribution is 2.42. The molecule has 200 valence electrons. The van der Waals surface area contributed by atoms with Crippen LogP contribution in [-0.4, -0.2) is 82.5 Å². The number of amides is 1. The van der Waals surface area contributed by atoms with Crippen LogP contribution in [0.15, 0.2) is 52.9 Å². The quantitative estimate of drug-likeness (QED) is 0.203. The van der Waals surface area contributed by atoms with Crippen LogP contribution in [0.5, 0.6) is 11.5 Å². The molecule has 37 heavy (non-hydrogen) atoms. The Morgan fingerprint density at radius 3 is 2.30 bits per heavy atom. The van der Waals surface area contributed by atoms with Crippen molar-refractivity contribution in [2.75, 3.05) is 48.1 Å². The first kappa shape index (κ1) is 28.2. The summed E-state index contributed by atoms with van der Waals surface area (Å²) in [6.07, 6.45) is 0.477. The zero-order chi connectivity index (χ0) is 27.3. The lowest BCUT2D eigenvalue weighted by Crippen LogP contribution is -2.31. The fraction of sp³-hybridized carbons (Fsp3) is 0.385. The van der Waals surface area contributed by atoms with E-state index in [1.54, 1.807) is 25.3 Å². The first-order valence-electron chi connectivity index (χ1n) is 11.7. The molecule has 11 heteroatoms. The Morgan fingerprint density at radius 2 is 1.73 bits per heavy atom. The number of hydrogen-bond donors (Lipinski definition) is 1. The molecule has 0 saturated carbocycles.